The van der Waals surface area contributed by atoms with Crippen LogP contribution in [0.1, 0.15) is 41.0 Å². The summed E-state index contributed by atoms with van der Waals surface area (Å²) in [6.07, 6.45) is 0. The molecule has 2 aromatic heterocycles. The molecule has 0 unspecified atom stereocenters. The number of benzene rings is 1. The monoisotopic (exact) mass is 356 g/mol. The number of hydrogen-bond acceptors (Lipinski definition) is 5. The van der Waals surface area contributed by atoms with E-state index in [2.05, 4.69) is 24.1 Å². The van der Waals surface area contributed by atoms with E-state index in [1.54, 1.807) is 19.2 Å². The molecule has 2 heterocycles. The second kappa shape index (κ2) is 7.63. The fraction of sp³-hybridized carbons (Fsp3) is 0.263. The van der Waals surface area contributed by atoms with Crippen molar-refractivity contribution in [2.75, 3.05) is 12.4 Å². The second-order valence-corrected chi connectivity index (χ2v) is 6.94. The molecule has 0 atom stereocenters. The maximum absolute atomic E-state index is 12.4. The molecule has 1 amide bonds. The summed E-state index contributed by atoms with van der Waals surface area (Å²) in [5, 5.41) is 3.40. The molecule has 3 rings (SSSR count). The molecule has 1 aromatic carbocycles. The molecular weight excluding hydrogens is 336 g/mol. The summed E-state index contributed by atoms with van der Waals surface area (Å²) in [4.78, 5) is 18.1. The smallest absolute Gasteiger partial charge is 0.293 e. The van der Waals surface area contributed by atoms with Gasteiger partial charge in [0.1, 0.15) is 12.4 Å². The van der Waals surface area contributed by atoms with Gasteiger partial charge in [-0.05, 0) is 18.1 Å². The van der Waals surface area contributed by atoms with Gasteiger partial charge in [-0.15, -0.1) is 11.3 Å². The first-order valence-electron chi connectivity index (χ1n) is 8.03. The number of hydrogen-bond donors (Lipinski definition) is 1. The van der Waals surface area contributed by atoms with Crippen molar-refractivity contribution in [3.63, 3.8) is 0 Å². The molecule has 0 aliphatic carbocycles. The number of furan rings is 1. The minimum absolute atomic E-state index is 0.245. The normalized spacial score (nSPS) is 11.0. The Kier molecular flexibility index (Phi) is 5.31. The molecular formula is C19H20N2O3S. The largest absolute Gasteiger partial charge is 0.453 e. The summed E-state index contributed by atoms with van der Waals surface area (Å²) in [5.74, 6) is 0.857. The zero-order valence-electron chi connectivity index (χ0n) is 14.4. The van der Waals surface area contributed by atoms with Crippen molar-refractivity contribution in [2.45, 2.75) is 26.4 Å². The van der Waals surface area contributed by atoms with Gasteiger partial charge in [-0.2, -0.15) is 0 Å². The molecule has 6 heteroatoms. The lowest BCUT2D eigenvalue weighted by Gasteiger charge is -2.04. The third-order valence-corrected chi connectivity index (χ3v) is 4.89. The van der Waals surface area contributed by atoms with Gasteiger partial charge in [0.25, 0.3) is 5.91 Å². The lowest BCUT2D eigenvalue weighted by atomic mass is 10.1. The average molecular weight is 356 g/mol. The van der Waals surface area contributed by atoms with E-state index in [4.69, 9.17) is 9.15 Å². The van der Waals surface area contributed by atoms with Crippen LogP contribution in [-0.2, 0) is 11.3 Å². The molecule has 5 nitrogen and oxygen atoms in total. The van der Waals surface area contributed by atoms with Crippen LogP contribution in [0.15, 0.2) is 46.9 Å². The number of methoxy groups -OCH3 is 1. The number of nitrogens with zero attached hydrogens (tertiary/aromatic N) is 1. The van der Waals surface area contributed by atoms with Crippen LogP contribution in [0.5, 0.6) is 0 Å². The Balaban J connectivity index is 1.84. The molecule has 3 aromatic rings. The quantitative estimate of drug-likeness (QED) is 0.680. The van der Waals surface area contributed by atoms with Crippen molar-refractivity contribution in [1.29, 1.82) is 0 Å². The summed E-state index contributed by atoms with van der Waals surface area (Å²) in [6.45, 7) is 4.57. The van der Waals surface area contributed by atoms with Crippen molar-refractivity contribution < 1.29 is 13.9 Å². The van der Waals surface area contributed by atoms with E-state index in [0.29, 0.717) is 23.4 Å². The third kappa shape index (κ3) is 3.97. The van der Waals surface area contributed by atoms with Crippen LogP contribution < -0.4 is 5.32 Å². The van der Waals surface area contributed by atoms with Gasteiger partial charge in [0.15, 0.2) is 10.9 Å². The molecule has 25 heavy (non-hydrogen) atoms. The van der Waals surface area contributed by atoms with Crippen LogP contribution in [0.2, 0.25) is 0 Å². The van der Waals surface area contributed by atoms with Crippen molar-refractivity contribution in [3.05, 3.63) is 58.9 Å². The van der Waals surface area contributed by atoms with Gasteiger partial charge in [-0.1, -0.05) is 44.2 Å². The molecule has 130 valence electrons. The highest BCUT2D eigenvalue weighted by Crippen LogP contribution is 2.36. The standard InChI is InChI=1S/C19H20N2O3S/c1-12(2)17-16(13-7-5-4-6-8-13)20-19(25-17)21-18(22)15-10-9-14(24-15)11-23-3/h4-10,12H,11H2,1-3H3,(H,20,21,22). The fourth-order valence-corrected chi connectivity index (χ4v) is 3.44. The van der Waals surface area contributed by atoms with Crippen LogP contribution in [0.4, 0.5) is 5.13 Å². The molecule has 0 bridgehead atoms. The van der Waals surface area contributed by atoms with E-state index in [9.17, 15) is 4.79 Å². The van der Waals surface area contributed by atoms with Gasteiger partial charge in [0.2, 0.25) is 0 Å². The van der Waals surface area contributed by atoms with Crippen LogP contribution >= 0.6 is 11.3 Å². The van der Waals surface area contributed by atoms with Gasteiger partial charge in [-0.25, -0.2) is 4.98 Å². The first kappa shape index (κ1) is 17.4. The highest BCUT2D eigenvalue weighted by molar-refractivity contribution is 7.16. The van der Waals surface area contributed by atoms with Gasteiger partial charge in [0, 0.05) is 17.6 Å². The number of carbonyl (C=O) groups is 1. The molecule has 0 fully saturated rings. The maximum atomic E-state index is 12.4. The van der Waals surface area contributed by atoms with Crippen molar-refractivity contribution in [3.8, 4) is 11.3 Å². The van der Waals surface area contributed by atoms with Gasteiger partial charge < -0.3 is 9.15 Å². The number of carbonyl (C=O) groups excluding carboxylic acids is 1. The molecule has 0 saturated carbocycles. The number of aromatic nitrogens is 1. The van der Waals surface area contributed by atoms with Crippen molar-refractivity contribution in [2.24, 2.45) is 0 Å². The van der Waals surface area contributed by atoms with E-state index in [0.717, 1.165) is 16.1 Å². The summed E-state index contributed by atoms with van der Waals surface area (Å²) in [5.41, 5.74) is 1.96. The molecule has 0 spiro atoms. The number of anilines is 1. The maximum Gasteiger partial charge on any atom is 0.293 e. The average Bonchev–Trinajstić information content (AvgIpc) is 3.23. The lowest BCUT2D eigenvalue weighted by Crippen LogP contribution is -2.10. The molecule has 0 aliphatic rings. The Labute approximate surface area is 150 Å². The van der Waals surface area contributed by atoms with Gasteiger partial charge >= 0.3 is 0 Å². The number of amides is 1. The van der Waals surface area contributed by atoms with Gasteiger partial charge in [-0.3, -0.25) is 10.1 Å². The van der Waals surface area contributed by atoms with Crippen molar-refractivity contribution in [1.82, 2.24) is 4.98 Å². The Morgan fingerprint density at radius 3 is 2.68 bits per heavy atom. The first-order chi connectivity index (χ1) is 12.1. The topological polar surface area (TPSA) is 64.4 Å². The summed E-state index contributed by atoms with van der Waals surface area (Å²) >= 11 is 1.49. The van der Waals surface area contributed by atoms with Crippen molar-refractivity contribution >= 4 is 22.4 Å². The molecule has 0 radical (unpaired) electrons. The Hall–Kier alpha value is -2.44. The van der Waals surface area contributed by atoms with Gasteiger partial charge in [0.05, 0.1) is 5.69 Å². The summed E-state index contributed by atoms with van der Waals surface area (Å²) in [6, 6.07) is 13.4. The second-order valence-electron chi connectivity index (χ2n) is 5.91. The zero-order valence-corrected chi connectivity index (χ0v) is 15.2. The van der Waals surface area contributed by atoms with E-state index in [1.165, 1.54) is 11.3 Å². The van der Waals surface area contributed by atoms with Crippen LogP contribution in [0, 0.1) is 0 Å². The van der Waals surface area contributed by atoms with E-state index in [1.807, 2.05) is 30.3 Å². The highest BCUT2D eigenvalue weighted by Gasteiger charge is 2.19. The summed E-state index contributed by atoms with van der Waals surface area (Å²) in [7, 11) is 1.58. The minimum Gasteiger partial charge on any atom is -0.453 e. The fourth-order valence-electron chi connectivity index (χ4n) is 2.46. The Morgan fingerprint density at radius 2 is 2.00 bits per heavy atom. The van der Waals surface area contributed by atoms with E-state index in [-0.39, 0.29) is 11.7 Å². The zero-order chi connectivity index (χ0) is 17.8. The van der Waals surface area contributed by atoms with E-state index >= 15 is 0 Å². The Morgan fingerprint density at radius 1 is 1.24 bits per heavy atom. The van der Waals surface area contributed by atoms with Crippen LogP contribution in [0.25, 0.3) is 11.3 Å². The van der Waals surface area contributed by atoms with Crippen LogP contribution in [-0.4, -0.2) is 18.0 Å². The number of rotatable bonds is 6. The number of nitrogens with one attached hydrogen (secondary N) is 1. The summed E-state index contributed by atoms with van der Waals surface area (Å²) < 4.78 is 10.5. The lowest BCUT2D eigenvalue weighted by molar-refractivity contribution is 0.0987. The predicted octanol–water partition coefficient (Wildman–Crippen LogP) is 4.93. The molecule has 0 aliphatic heterocycles. The SMILES string of the molecule is COCc1ccc(C(=O)Nc2nc(-c3ccccc3)c(C(C)C)s2)o1. The number of thiazole rings is 1. The number of ether oxygens (including phenoxy) is 1. The molecule has 0 saturated heterocycles. The van der Waals surface area contributed by atoms with E-state index < -0.39 is 0 Å². The highest BCUT2D eigenvalue weighted by atomic mass is 32.1. The molecule has 1 N–H and O–H groups in total. The minimum atomic E-state index is -0.314. The van der Waals surface area contributed by atoms with Crippen LogP contribution in [0.3, 0.4) is 0 Å². The Bertz CT molecular complexity index is 853. The third-order valence-electron chi connectivity index (χ3n) is 3.62. The first-order valence-corrected chi connectivity index (χ1v) is 8.85. The predicted molar refractivity (Wildman–Crippen MR) is 99.0 cm³/mol.